The molecule has 0 aromatic carbocycles. The lowest BCUT2D eigenvalue weighted by Crippen LogP contribution is -2.23. The lowest BCUT2D eigenvalue weighted by Gasteiger charge is -2.18. The molecule has 7 heteroatoms. The summed E-state index contributed by atoms with van der Waals surface area (Å²) < 4.78 is 0. The first-order chi connectivity index (χ1) is 7.84. The molecule has 102 valence electrons. The maximum Gasteiger partial charge on any atom is 0.414 e. The molecular weight excluding hydrogens is 262 g/mol. The van der Waals surface area contributed by atoms with Crippen molar-refractivity contribution in [2.45, 2.75) is 11.7 Å². The Balaban J connectivity index is 0. The first kappa shape index (κ1) is 19.0. The molecule has 0 rings (SSSR count). The Morgan fingerprint density at radius 3 is 1.88 bits per heavy atom. The molecule has 0 aliphatic rings. The van der Waals surface area contributed by atoms with Crippen LogP contribution < -0.4 is 0 Å². The summed E-state index contributed by atoms with van der Waals surface area (Å²) in [6.45, 7) is 1.21. The van der Waals surface area contributed by atoms with Gasteiger partial charge >= 0.3 is 11.9 Å². The first-order valence-corrected chi connectivity index (χ1v) is 7.66. The van der Waals surface area contributed by atoms with Crippen molar-refractivity contribution in [3.05, 3.63) is 0 Å². The summed E-state index contributed by atoms with van der Waals surface area (Å²) in [7, 11) is 4.28. The number of rotatable bonds is 6. The van der Waals surface area contributed by atoms with E-state index < -0.39 is 11.9 Å². The highest BCUT2D eigenvalue weighted by Crippen LogP contribution is 2.13. The zero-order valence-electron chi connectivity index (χ0n) is 10.7. The summed E-state index contributed by atoms with van der Waals surface area (Å²) in [5.74, 6) is -2.36. The van der Waals surface area contributed by atoms with E-state index in [0.29, 0.717) is 0 Å². The van der Waals surface area contributed by atoms with Crippen LogP contribution in [0.5, 0.6) is 0 Å². The topological polar surface area (TPSA) is 77.8 Å². The molecule has 0 spiro atoms. The molecule has 5 nitrogen and oxygen atoms in total. The van der Waals surface area contributed by atoms with Gasteiger partial charge in [0.15, 0.2) is 0 Å². The Labute approximate surface area is 111 Å². The van der Waals surface area contributed by atoms with Crippen molar-refractivity contribution < 1.29 is 19.8 Å². The Kier molecular flexibility index (Phi) is 13.5. The van der Waals surface area contributed by atoms with E-state index in [1.54, 1.807) is 0 Å². The summed E-state index contributed by atoms with van der Waals surface area (Å²) in [6.07, 6.45) is 5.71. The molecule has 0 heterocycles. The number of thioether (sulfide) groups is 2. The van der Waals surface area contributed by atoms with Gasteiger partial charge in [0.05, 0.1) is 0 Å². The largest absolute Gasteiger partial charge is 0.473 e. The van der Waals surface area contributed by atoms with Crippen molar-refractivity contribution in [3.63, 3.8) is 0 Å². The van der Waals surface area contributed by atoms with Gasteiger partial charge < -0.3 is 15.1 Å². The molecule has 0 radical (unpaired) electrons. The number of hydrogen-bond acceptors (Lipinski definition) is 5. The fourth-order valence-electron chi connectivity index (χ4n) is 0.940. The predicted molar refractivity (Wildman–Crippen MR) is 74.1 cm³/mol. The smallest absolute Gasteiger partial charge is 0.414 e. The Morgan fingerprint density at radius 1 is 1.18 bits per heavy atom. The lowest BCUT2D eigenvalue weighted by atomic mass is 10.3. The van der Waals surface area contributed by atoms with Crippen LogP contribution in [0.3, 0.4) is 0 Å². The molecule has 0 amide bonds. The van der Waals surface area contributed by atoms with Gasteiger partial charge in [-0.3, -0.25) is 0 Å². The fourth-order valence-corrected chi connectivity index (χ4v) is 2.41. The van der Waals surface area contributed by atoms with Gasteiger partial charge in [0.25, 0.3) is 0 Å². The fraction of sp³-hybridized carbons (Fsp3) is 0.800. The molecule has 0 bridgehead atoms. The Bertz CT molecular complexity index is 212. The third kappa shape index (κ3) is 15.6. The van der Waals surface area contributed by atoms with Crippen LogP contribution in [0.2, 0.25) is 0 Å². The standard InChI is InChI=1S/C8H19NS2.C2H2O4/c1-9(2)7-8(11-4)5-6-10-3;3-1(4)2(5)6/h8H,5-7H2,1-4H3;(H,3,4)(H,5,6). The second-order valence-electron chi connectivity index (χ2n) is 3.51. The van der Waals surface area contributed by atoms with Crippen LogP contribution in [0, 0.1) is 0 Å². The number of carbonyl (C=O) groups is 2. The minimum atomic E-state index is -1.82. The monoisotopic (exact) mass is 283 g/mol. The van der Waals surface area contributed by atoms with E-state index in [0.717, 1.165) is 5.25 Å². The van der Waals surface area contributed by atoms with Crippen molar-refractivity contribution in [3.8, 4) is 0 Å². The average molecular weight is 283 g/mol. The number of nitrogens with zero attached hydrogens (tertiary/aromatic N) is 1. The molecule has 2 N–H and O–H groups in total. The van der Waals surface area contributed by atoms with Gasteiger partial charge in [0, 0.05) is 11.8 Å². The van der Waals surface area contributed by atoms with Crippen LogP contribution in [0.4, 0.5) is 0 Å². The van der Waals surface area contributed by atoms with Crippen molar-refractivity contribution in [1.29, 1.82) is 0 Å². The molecular formula is C10H21NO4S2. The molecule has 0 saturated heterocycles. The summed E-state index contributed by atoms with van der Waals surface area (Å²) in [5, 5.41) is 15.6. The summed E-state index contributed by atoms with van der Waals surface area (Å²) in [5.41, 5.74) is 0. The highest BCUT2D eigenvalue weighted by atomic mass is 32.2. The number of hydrogen-bond donors (Lipinski definition) is 2. The van der Waals surface area contributed by atoms with E-state index in [2.05, 4.69) is 31.5 Å². The van der Waals surface area contributed by atoms with E-state index in [9.17, 15) is 0 Å². The van der Waals surface area contributed by atoms with Crippen LogP contribution in [-0.4, -0.2) is 71.2 Å². The molecule has 0 fully saturated rings. The van der Waals surface area contributed by atoms with E-state index in [1.165, 1.54) is 18.7 Å². The quantitative estimate of drug-likeness (QED) is 0.709. The number of carboxylic acids is 2. The van der Waals surface area contributed by atoms with Crippen LogP contribution in [0.25, 0.3) is 0 Å². The van der Waals surface area contributed by atoms with Crippen molar-refractivity contribution in [2.24, 2.45) is 0 Å². The molecule has 0 aliphatic carbocycles. The Morgan fingerprint density at radius 2 is 1.65 bits per heavy atom. The van der Waals surface area contributed by atoms with E-state index in [-0.39, 0.29) is 0 Å². The minimum absolute atomic E-state index is 0.817. The maximum absolute atomic E-state index is 9.10. The van der Waals surface area contributed by atoms with Crippen molar-refractivity contribution >= 4 is 35.5 Å². The first-order valence-electron chi connectivity index (χ1n) is 4.97. The van der Waals surface area contributed by atoms with Gasteiger partial charge in [-0.15, -0.1) is 0 Å². The van der Waals surface area contributed by atoms with Gasteiger partial charge in [-0.25, -0.2) is 9.59 Å². The Hall–Kier alpha value is -0.400. The zero-order chi connectivity index (χ0) is 13.8. The summed E-state index contributed by atoms with van der Waals surface area (Å²) >= 11 is 3.92. The van der Waals surface area contributed by atoms with Crippen LogP contribution >= 0.6 is 23.5 Å². The SMILES string of the molecule is CSCCC(CN(C)C)SC.O=C(O)C(=O)O. The highest BCUT2D eigenvalue weighted by Gasteiger charge is 2.06. The molecule has 17 heavy (non-hydrogen) atoms. The van der Waals surface area contributed by atoms with Crippen molar-refractivity contribution in [1.82, 2.24) is 4.90 Å². The second-order valence-corrected chi connectivity index (χ2v) is 5.64. The zero-order valence-corrected chi connectivity index (χ0v) is 12.3. The summed E-state index contributed by atoms with van der Waals surface area (Å²) in [6, 6.07) is 0. The normalized spacial score (nSPS) is 11.6. The third-order valence-corrected chi connectivity index (χ3v) is 3.42. The molecule has 1 atom stereocenters. The van der Waals surface area contributed by atoms with Crippen LogP contribution in [0.15, 0.2) is 0 Å². The van der Waals surface area contributed by atoms with Crippen LogP contribution in [-0.2, 0) is 9.59 Å². The minimum Gasteiger partial charge on any atom is -0.473 e. The molecule has 0 aromatic heterocycles. The average Bonchev–Trinajstić information content (AvgIpc) is 2.24. The van der Waals surface area contributed by atoms with E-state index in [1.807, 2.05) is 23.5 Å². The van der Waals surface area contributed by atoms with E-state index >= 15 is 0 Å². The summed E-state index contributed by atoms with van der Waals surface area (Å²) in [4.78, 5) is 20.5. The highest BCUT2D eigenvalue weighted by molar-refractivity contribution is 7.99. The van der Waals surface area contributed by atoms with Crippen LogP contribution in [0.1, 0.15) is 6.42 Å². The third-order valence-electron chi connectivity index (χ3n) is 1.73. The molecule has 1 unspecified atom stereocenters. The van der Waals surface area contributed by atoms with Gasteiger partial charge in [-0.1, -0.05) is 0 Å². The van der Waals surface area contributed by atoms with Gasteiger partial charge in [-0.05, 0) is 38.8 Å². The van der Waals surface area contributed by atoms with E-state index in [4.69, 9.17) is 19.8 Å². The van der Waals surface area contributed by atoms with Gasteiger partial charge in [-0.2, -0.15) is 23.5 Å². The second kappa shape index (κ2) is 12.1. The predicted octanol–water partition coefficient (Wildman–Crippen LogP) is 1.19. The number of carboxylic acid groups (broad SMARTS) is 2. The molecule has 0 saturated carbocycles. The van der Waals surface area contributed by atoms with Crippen molar-refractivity contribution in [2.75, 3.05) is 38.9 Å². The van der Waals surface area contributed by atoms with Gasteiger partial charge in [0.1, 0.15) is 0 Å². The van der Waals surface area contributed by atoms with Gasteiger partial charge in [0.2, 0.25) is 0 Å². The molecule has 0 aromatic rings. The molecule has 0 aliphatic heterocycles. The number of aliphatic carboxylic acids is 2. The lowest BCUT2D eigenvalue weighted by molar-refractivity contribution is -0.159. The maximum atomic E-state index is 9.10.